The van der Waals surface area contributed by atoms with Gasteiger partial charge in [-0.2, -0.15) is 0 Å². The lowest BCUT2D eigenvalue weighted by atomic mass is 9.97. The average molecular weight is 355 g/mol. The first-order valence-electron chi connectivity index (χ1n) is 9.06. The lowest BCUT2D eigenvalue weighted by Crippen LogP contribution is -2.48. The van der Waals surface area contributed by atoms with E-state index in [0.717, 1.165) is 31.1 Å². The van der Waals surface area contributed by atoms with Crippen molar-refractivity contribution < 1.29 is 18.7 Å². The van der Waals surface area contributed by atoms with E-state index in [1.165, 1.54) is 0 Å². The molecule has 1 atom stereocenters. The Bertz CT molecular complexity index is 433. The first kappa shape index (κ1) is 21.0. The molecule has 138 valence electrons. The van der Waals surface area contributed by atoms with Gasteiger partial charge in [0.25, 0.3) is 0 Å². The van der Waals surface area contributed by atoms with E-state index >= 15 is 0 Å². The van der Waals surface area contributed by atoms with Crippen LogP contribution in [0.15, 0.2) is 24.5 Å². The highest BCUT2D eigenvalue weighted by atomic mass is 28.4. The number of hydrogen-bond donors (Lipinski definition) is 0. The summed E-state index contributed by atoms with van der Waals surface area (Å²) in [7, 11) is -1.93. The van der Waals surface area contributed by atoms with E-state index in [1.54, 1.807) is 0 Å². The highest BCUT2D eigenvalue weighted by molar-refractivity contribution is 6.77. The lowest BCUT2D eigenvalue weighted by molar-refractivity contribution is 0.0504. The zero-order valence-electron chi connectivity index (χ0n) is 16.1. The summed E-state index contributed by atoms with van der Waals surface area (Å²) >= 11 is 0. The maximum atomic E-state index is 11.6. The van der Waals surface area contributed by atoms with Crippen molar-refractivity contribution >= 4 is 14.5 Å². The monoisotopic (exact) mass is 354 g/mol. The van der Waals surface area contributed by atoms with Crippen molar-refractivity contribution in [3.8, 4) is 0 Å². The number of carbonyl (C=O) groups is 1. The number of carbonyl (C=O) groups excluding carboxylic acids is 1. The Morgan fingerprint density at radius 1 is 1.25 bits per heavy atom. The number of hydrogen-bond acceptors (Lipinski definition) is 4. The van der Waals surface area contributed by atoms with Gasteiger partial charge in [-0.15, -0.1) is 0 Å². The van der Waals surface area contributed by atoms with Crippen LogP contribution in [0.3, 0.4) is 0 Å². The second-order valence-corrected chi connectivity index (χ2v) is 12.9. The van der Waals surface area contributed by atoms with Crippen LogP contribution in [0.25, 0.3) is 0 Å². The van der Waals surface area contributed by atoms with Gasteiger partial charge >= 0.3 is 6.16 Å². The van der Waals surface area contributed by atoms with Crippen LogP contribution in [-0.2, 0) is 13.9 Å². The van der Waals surface area contributed by atoms with Gasteiger partial charge in [0.15, 0.2) is 0 Å². The summed E-state index contributed by atoms with van der Waals surface area (Å²) < 4.78 is 16.8. The van der Waals surface area contributed by atoms with Gasteiger partial charge in [-0.05, 0) is 41.5 Å². The summed E-state index contributed by atoms with van der Waals surface area (Å²) in [4.78, 5) is 11.6. The van der Waals surface area contributed by atoms with Crippen LogP contribution >= 0.6 is 0 Å². The van der Waals surface area contributed by atoms with Gasteiger partial charge in [0.1, 0.15) is 6.10 Å². The van der Waals surface area contributed by atoms with E-state index in [2.05, 4.69) is 54.2 Å². The maximum Gasteiger partial charge on any atom is 0.513 e. The highest BCUT2D eigenvalue weighted by Crippen LogP contribution is 2.42. The quantitative estimate of drug-likeness (QED) is 0.234. The molecule has 0 saturated carbocycles. The van der Waals surface area contributed by atoms with E-state index in [9.17, 15) is 4.79 Å². The minimum Gasteiger partial charge on any atom is -0.426 e. The molecule has 1 aliphatic rings. The Morgan fingerprint density at radius 3 is 2.33 bits per heavy atom. The molecule has 1 aliphatic carbocycles. The van der Waals surface area contributed by atoms with Crippen molar-refractivity contribution in [3.05, 3.63) is 24.5 Å². The molecule has 0 aromatic heterocycles. The summed E-state index contributed by atoms with van der Waals surface area (Å²) in [6, 6.07) is 0. The first-order chi connectivity index (χ1) is 11.3. The molecule has 1 rings (SSSR count). The van der Waals surface area contributed by atoms with Gasteiger partial charge in [0.05, 0.1) is 12.9 Å². The topological polar surface area (TPSA) is 44.8 Å². The molecule has 0 aliphatic heterocycles. The van der Waals surface area contributed by atoms with Gasteiger partial charge in [0, 0.05) is 0 Å². The number of rotatable bonds is 8. The smallest absolute Gasteiger partial charge is 0.426 e. The van der Waals surface area contributed by atoms with Crippen LogP contribution in [0.5, 0.6) is 0 Å². The Labute approximate surface area is 148 Å². The molecule has 4 nitrogen and oxygen atoms in total. The molecule has 0 spiro atoms. The van der Waals surface area contributed by atoms with Gasteiger partial charge < -0.3 is 13.9 Å². The predicted molar refractivity (Wildman–Crippen MR) is 100 cm³/mol. The van der Waals surface area contributed by atoms with Crippen molar-refractivity contribution in [3.63, 3.8) is 0 Å². The third kappa shape index (κ3) is 4.96. The summed E-state index contributed by atoms with van der Waals surface area (Å²) in [5.74, 6) is 0. The van der Waals surface area contributed by atoms with E-state index in [4.69, 9.17) is 13.9 Å². The van der Waals surface area contributed by atoms with Gasteiger partial charge in [0.2, 0.25) is 8.32 Å². The molecule has 1 unspecified atom stereocenters. The van der Waals surface area contributed by atoms with Crippen LogP contribution in [0.4, 0.5) is 4.79 Å². The molecular formula is C19H34O4Si. The highest BCUT2D eigenvalue weighted by Gasteiger charge is 2.45. The minimum atomic E-state index is -1.93. The fraction of sp³-hybridized carbons (Fsp3) is 0.737. The van der Waals surface area contributed by atoms with E-state index in [1.807, 2.05) is 0 Å². The Kier molecular flexibility index (Phi) is 8.23. The van der Waals surface area contributed by atoms with Crippen LogP contribution in [0.2, 0.25) is 16.6 Å². The SMILES string of the molecule is C=COC(=O)OC1CCCC=C1CO[Si](C(C)C)(C(C)C)C(C)C. The summed E-state index contributed by atoms with van der Waals surface area (Å²) in [6.45, 7) is 17.6. The first-order valence-corrected chi connectivity index (χ1v) is 11.2. The van der Waals surface area contributed by atoms with Crippen LogP contribution in [0.1, 0.15) is 60.8 Å². The van der Waals surface area contributed by atoms with Crippen molar-refractivity contribution in [2.75, 3.05) is 6.61 Å². The minimum absolute atomic E-state index is 0.246. The normalized spacial score (nSPS) is 18.7. The molecule has 0 saturated heterocycles. The molecule has 24 heavy (non-hydrogen) atoms. The van der Waals surface area contributed by atoms with Gasteiger partial charge in [-0.3, -0.25) is 0 Å². The van der Waals surface area contributed by atoms with Crippen LogP contribution in [0, 0.1) is 0 Å². The molecule has 0 aromatic rings. The molecule has 0 radical (unpaired) electrons. The number of ether oxygens (including phenoxy) is 2. The zero-order chi connectivity index (χ0) is 18.3. The Balaban J connectivity index is 2.85. The molecule has 0 N–H and O–H groups in total. The molecule has 0 fully saturated rings. The van der Waals surface area contributed by atoms with Gasteiger partial charge in [-0.1, -0.05) is 54.2 Å². The largest absolute Gasteiger partial charge is 0.513 e. The maximum absolute atomic E-state index is 11.6. The second-order valence-electron chi connectivity index (χ2n) is 7.46. The standard InChI is InChI=1S/C19H34O4Si/c1-8-21-19(20)23-18-12-10-9-11-17(18)13-22-24(14(2)3,15(4)5)16(6)7/h8,11,14-16,18H,1,9-10,12-13H2,2-7H3. The van der Waals surface area contributed by atoms with Gasteiger partial charge in [-0.25, -0.2) is 4.79 Å². The Hall–Kier alpha value is -1.07. The predicted octanol–water partition coefficient (Wildman–Crippen LogP) is 5.95. The zero-order valence-corrected chi connectivity index (χ0v) is 17.1. The van der Waals surface area contributed by atoms with E-state index in [0.29, 0.717) is 23.2 Å². The fourth-order valence-corrected chi connectivity index (χ4v) is 9.53. The van der Waals surface area contributed by atoms with E-state index < -0.39 is 14.5 Å². The van der Waals surface area contributed by atoms with E-state index in [-0.39, 0.29) is 6.10 Å². The van der Waals surface area contributed by atoms with Crippen LogP contribution in [-0.4, -0.2) is 27.2 Å². The van der Waals surface area contributed by atoms with Crippen LogP contribution < -0.4 is 0 Å². The summed E-state index contributed by atoms with van der Waals surface area (Å²) in [5.41, 5.74) is 2.67. The Morgan fingerprint density at radius 2 is 1.83 bits per heavy atom. The third-order valence-corrected chi connectivity index (χ3v) is 11.2. The van der Waals surface area contributed by atoms with Crippen molar-refractivity contribution in [1.82, 2.24) is 0 Å². The molecule has 0 heterocycles. The van der Waals surface area contributed by atoms with Crippen molar-refractivity contribution in [1.29, 1.82) is 0 Å². The fourth-order valence-electron chi connectivity index (χ4n) is 4.11. The second kappa shape index (κ2) is 9.42. The number of allylic oxidation sites excluding steroid dienone is 1. The summed E-state index contributed by atoms with van der Waals surface area (Å²) in [6.07, 6.45) is 5.16. The van der Waals surface area contributed by atoms with Crippen molar-refractivity contribution in [2.24, 2.45) is 0 Å². The molecule has 0 bridgehead atoms. The summed E-state index contributed by atoms with van der Waals surface area (Å²) in [5, 5.41) is 0. The lowest BCUT2D eigenvalue weighted by Gasteiger charge is -2.42. The average Bonchev–Trinajstić information content (AvgIpc) is 2.48. The third-order valence-electron chi connectivity index (χ3n) is 5.10. The molecule has 5 heteroatoms. The van der Waals surface area contributed by atoms with Crippen molar-refractivity contribution in [2.45, 2.75) is 83.5 Å². The molecular weight excluding hydrogens is 320 g/mol. The molecule has 0 amide bonds. The molecule has 0 aromatic carbocycles.